The second-order valence-electron chi connectivity index (χ2n) is 4.85. The molecule has 1 saturated heterocycles. The van der Waals surface area contributed by atoms with Crippen LogP contribution in [0.15, 0.2) is 12.7 Å². The zero-order valence-electron chi connectivity index (χ0n) is 10.4. The smallest absolute Gasteiger partial charge is 0.303 e. The number of rotatable bonds is 3. The summed E-state index contributed by atoms with van der Waals surface area (Å²) in [5, 5.41) is 8.90. The number of nitrogens with one attached hydrogen (secondary N) is 1. The van der Waals surface area contributed by atoms with Crippen molar-refractivity contribution in [2.24, 2.45) is 5.92 Å². The Morgan fingerprint density at radius 3 is 3.21 bits per heavy atom. The van der Waals surface area contributed by atoms with Gasteiger partial charge in [-0.2, -0.15) is 0 Å². The summed E-state index contributed by atoms with van der Waals surface area (Å²) in [7, 11) is 0. The molecule has 1 fully saturated rings. The predicted molar refractivity (Wildman–Crippen MR) is 68.9 cm³/mol. The molecule has 0 aliphatic carbocycles. The second-order valence-corrected chi connectivity index (χ2v) is 4.85. The fraction of sp³-hybridized carbons (Fsp3) is 0.500. The van der Waals surface area contributed by atoms with Crippen LogP contribution in [0, 0.1) is 5.92 Å². The van der Waals surface area contributed by atoms with E-state index in [9.17, 15) is 4.79 Å². The maximum Gasteiger partial charge on any atom is 0.303 e. The Labute approximate surface area is 109 Å². The molecule has 0 saturated carbocycles. The first kappa shape index (κ1) is 11.9. The Hall–Kier alpha value is -2.18. The van der Waals surface area contributed by atoms with E-state index in [0.29, 0.717) is 5.65 Å². The van der Waals surface area contributed by atoms with Crippen molar-refractivity contribution >= 4 is 23.0 Å². The van der Waals surface area contributed by atoms with E-state index < -0.39 is 5.97 Å². The number of piperidine rings is 1. The lowest BCUT2D eigenvalue weighted by atomic mass is 9.95. The van der Waals surface area contributed by atoms with E-state index in [0.717, 1.165) is 37.3 Å². The number of hydrogen-bond acceptors (Lipinski definition) is 5. The van der Waals surface area contributed by atoms with Gasteiger partial charge in [0.1, 0.15) is 11.8 Å². The second kappa shape index (κ2) is 4.83. The van der Waals surface area contributed by atoms with Crippen molar-refractivity contribution in [3.8, 4) is 0 Å². The average Bonchev–Trinajstić information content (AvgIpc) is 2.86. The number of nitrogens with zero attached hydrogens (tertiary/aromatic N) is 4. The normalized spacial score (nSPS) is 19.8. The van der Waals surface area contributed by atoms with Crippen molar-refractivity contribution in [2.45, 2.75) is 19.3 Å². The number of anilines is 1. The highest BCUT2D eigenvalue weighted by atomic mass is 16.4. The first-order chi connectivity index (χ1) is 9.24. The van der Waals surface area contributed by atoms with E-state index in [1.165, 1.54) is 6.33 Å². The summed E-state index contributed by atoms with van der Waals surface area (Å²) in [5.41, 5.74) is 1.46. The summed E-state index contributed by atoms with van der Waals surface area (Å²) >= 11 is 0. The van der Waals surface area contributed by atoms with Gasteiger partial charge in [-0.25, -0.2) is 15.0 Å². The van der Waals surface area contributed by atoms with Crippen molar-refractivity contribution in [1.82, 2.24) is 19.9 Å². The number of imidazole rings is 1. The van der Waals surface area contributed by atoms with Gasteiger partial charge in [-0.3, -0.25) is 4.79 Å². The van der Waals surface area contributed by atoms with Crippen molar-refractivity contribution in [1.29, 1.82) is 0 Å². The summed E-state index contributed by atoms with van der Waals surface area (Å²) < 4.78 is 0. The van der Waals surface area contributed by atoms with E-state index in [1.54, 1.807) is 6.33 Å². The predicted octanol–water partition coefficient (Wildman–Crippen LogP) is 1.04. The summed E-state index contributed by atoms with van der Waals surface area (Å²) in [6.45, 7) is 1.61. The van der Waals surface area contributed by atoms with Crippen molar-refractivity contribution in [3.63, 3.8) is 0 Å². The lowest BCUT2D eigenvalue weighted by Gasteiger charge is -2.32. The molecule has 3 heterocycles. The van der Waals surface area contributed by atoms with Crippen LogP contribution in [0.2, 0.25) is 0 Å². The molecular formula is C12H15N5O2. The molecule has 0 spiro atoms. The number of aromatic nitrogens is 4. The third-order valence-electron chi connectivity index (χ3n) is 3.48. The molecule has 1 atom stereocenters. The van der Waals surface area contributed by atoms with Gasteiger partial charge in [0.2, 0.25) is 0 Å². The lowest BCUT2D eigenvalue weighted by molar-refractivity contribution is -0.138. The van der Waals surface area contributed by atoms with Gasteiger partial charge in [0, 0.05) is 19.5 Å². The molecule has 0 radical (unpaired) electrons. The van der Waals surface area contributed by atoms with Gasteiger partial charge in [-0.15, -0.1) is 0 Å². The Kier molecular flexibility index (Phi) is 3.02. The molecule has 0 amide bonds. The van der Waals surface area contributed by atoms with Gasteiger partial charge in [0.15, 0.2) is 11.5 Å². The maximum absolute atomic E-state index is 10.8. The highest BCUT2D eigenvalue weighted by Gasteiger charge is 2.24. The Morgan fingerprint density at radius 1 is 1.47 bits per heavy atom. The molecule has 0 aromatic carbocycles. The van der Waals surface area contributed by atoms with Crippen LogP contribution in [-0.2, 0) is 4.79 Å². The van der Waals surface area contributed by atoms with E-state index in [1.807, 2.05) is 0 Å². The van der Waals surface area contributed by atoms with Crippen LogP contribution >= 0.6 is 0 Å². The molecule has 2 aromatic rings. The number of carbonyl (C=O) groups is 1. The molecule has 3 rings (SSSR count). The molecule has 7 nitrogen and oxygen atoms in total. The van der Waals surface area contributed by atoms with Gasteiger partial charge < -0.3 is 15.0 Å². The fourth-order valence-corrected chi connectivity index (χ4v) is 2.66. The zero-order valence-corrected chi connectivity index (χ0v) is 10.4. The van der Waals surface area contributed by atoms with Gasteiger partial charge >= 0.3 is 5.97 Å². The standard InChI is InChI=1S/C12H15N5O2/c18-9(19)4-8-2-1-3-17(5-8)12-10-11(14-6-13-10)15-7-16-12/h6-8H,1-5H2,(H,18,19)(H,13,14,15,16). The average molecular weight is 261 g/mol. The van der Waals surface area contributed by atoms with Crippen molar-refractivity contribution < 1.29 is 9.90 Å². The largest absolute Gasteiger partial charge is 0.481 e. The van der Waals surface area contributed by atoms with E-state index in [4.69, 9.17) is 5.11 Å². The van der Waals surface area contributed by atoms with Crippen LogP contribution < -0.4 is 4.90 Å². The quantitative estimate of drug-likeness (QED) is 0.857. The number of carboxylic acid groups (broad SMARTS) is 1. The SMILES string of the molecule is O=C(O)CC1CCCN(c2ncnc3nc[nH]c23)C1. The number of carboxylic acids is 1. The van der Waals surface area contributed by atoms with Gasteiger partial charge in [0.05, 0.1) is 6.33 Å². The molecular weight excluding hydrogens is 246 g/mol. The minimum absolute atomic E-state index is 0.180. The minimum Gasteiger partial charge on any atom is -0.481 e. The Balaban J connectivity index is 1.85. The highest BCUT2D eigenvalue weighted by Crippen LogP contribution is 2.26. The topological polar surface area (TPSA) is 95.0 Å². The van der Waals surface area contributed by atoms with Gasteiger partial charge in [-0.05, 0) is 18.8 Å². The van der Waals surface area contributed by atoms with Gasteiger partial charge in [0.25, 0.3) is 0 Å². The van der Waals surface area contributed by atoms with Crippen LogP contribution in [0.3, 0.4) is 0 Å². The molecule has 7 heteroatoms. The first-order valence-corrected chi connectivity index (χ1v) is 6.35. The molecule has 0 bridgehead atoms. The number of H-pyrrole nitrogens is 1. The highest BCUT2D eigenvalue weighted by molar-refractivity contribution is 5.82. The zero-order chi connectivity index (χ0) is 13.2. The number of hydrogen-bond donors (Lipinski definition) is 2. The fourth-order valence-electron chi connectivity index (χ4n) is 2.66. The molecule has 100 valence electrons. The Morgan fingerprint density at radius 2 is 2.37 bits per heavy atom. The minimum atomic E-state index is -0.735. The van der Waals surface area contributed by atoms with E-state index in [-0.39, 0.29) is 12.3 Å². The Bertz CT molecular complexity index is 597. The molecule has 1 aliphatic heterocycles. The number of aliphatic carboxylic acids is 1. The maximum atomic E-state index is 10.8. The van der Waals surface area contributed by atoms with Crippen LogP contribution in [0.4, 0.5) is 5.82 Å². The van der Waals surface area contributed by atoms with Crippen molar-refractivity contribution in [3.05, 3.63) is 12.7 Å². The molecule has 19 heavy (non-hydrogen) atoms. The molecule has 2 aromatic heterocycles. The third-order valence-corrected chi connectivity index (χ3v) is 3.48. The summed E-state index contributed by atoms with van der Waals surface area (Å²) in [4.78, 5) is 28.5. The van der Waals surface area contributed by atoms with Crippen LogP contribution in [0.25, 0.3) is 11.2 Å². The molecule has 2 N–H and O–H groups in total. The van der Waals surface area contributed by atoms with E-state index >= 15 is 0 Å². The monoisotopic (exact) mass is 261 g/mol. The number of aromatic amines is 1. The third kappa shape index (κ3) is 2.35. The van der Waals surface area contributed by atoms with Crippen LogP contribution in [-0.4, -0.2) is 44.1 Å². The van der Waals surface area contributed by atoms with Gasteiger partial charge in [-0.1, -0.05) is 0 Å². The summed E-state index contributed by atoms with van der Waals surface area (Å²) in [5.74, 6) is 0.262. The summed E-state index contributed by atoms with van der Waals surface area (Å²) in [6, 6.07) is 0. The van der Waals surface area contributed by atoms with Crippen LogP contribution in [0.5, 0.6) is 0 Å². The van der Waals surface area contributed by atoms with Crippen LogP contribution in [0.1, 0.15) is 19.3 Å². The first-order valence-electron chi connectivity index (χ1n) is 6.35. The molecule has 1 aliphatic rings. The summed E-state index contributed by atoms with van der Waals surface area (Å²) in [6.07, 6.45) is 5.26. The number of fused-ring (bicyclic) bond motifs is 1. The van der Waals surface area contributed by atoms with Crippen molar-refractivity contribution in [2.75, 3.05) is 18.0 Å². The van der Waals surface area contributed by atoms with E-state index in [2.05, 4.69) is 24.8 Å². The lowest BCUT2D eigenvalue weighted by Crippen LogP contribution is -2.37. The molecule has 1 unspecified atom stereocenters.